The number of carboxylic acid groups (broad SMARTS) is 1. The van der Waals surface area contributed by atoms with Gasteiger partial charge >= 0.3 is 5.97 Å². The molecule has 6 nitrogen and oxygen atoms in total. The van der Waals surface area contributed by atoms with E-state index in [2.05, 4.69) is 5.32 Å². The van der Waals surface area contributed by atoms with Gasteiger partial charge in [-0.15, -0.1) is 0 Å². The summed E-state index contributed by atoms with van der Waals surface area (Å²) in [4.78, 5) is 26.7. The van der Waals surface area contributed by atoms with Gasteiger partial charge in [-0.05, 0) is 24.3 Å². The molecule has 0 radical (unpaired) electrons. The minimum Gasteiger partial charge on any atom is -0.480 e. The molecule has 1 aromatic carbocycles. The average Bonchev–Trinajstić information content (AvgIpc) is 2.46. The first-order valence-electron chi connectivity index (χ1n) is 6.77. The monoisotopic (exact) mass is 311 g/mol. The number of anilines is 1. The fraction of sp³-hybridized carbons (Fsp3) is 0.429. The molecule has 0 spiro atoms. The van der Waals surface area contributed by atoms with Crippen molar-refractivity contribution in [2.75, 3.05) is 44.2 Å². The van der Waals surface area contributed by atoms with Crippen LogP contribution in [0.3, 0.4) is 0 Å². The second-order valence-electron chi connectivity index (χ2n) is 4.88. The van der Waals surface area contributed by atoms with Gasteiger partial charge in [-0.25, -0.2) is 0 Å². The molecule has 2 rings (SSSR count). The van der Waals surface area contributed by atoms with Crippen molar-refractivity contribution in [2.24, 2.45) is 0 Å². The Balaban J connectivity index is 2.08. The Labute approximate surface area is 128 Å². The topological polar surface area (TPSA) is 72.9 Å². The lowest BCUT2D eigenvalue weighted by molar-refractivity contribution is -0.136. The predicted octanol–water partition coefficient (Wildman–Crippen LogP) is 0.663. The van der Waals surface area contributed by atoms with Crippen LogP contribution in [-0.2, 0) is 9.59 Å². The highest BCUT2D eigenvalue weighted by atomic mass is 35.5. The van der Waals surface area contributed by atoms with Crippen LogP contribution in [0.2, 0.25) is 5.02 Å². The Morgan fingerprint density at radius 3 is 2.43 bits per heavy atom. The lowest BCUT2D eigenvalue weighted by Gasteiger charge is -2.29. The summed E-state index contributed by atoms with van der Waals surface area (Å²) in [6, 6.07) is 6.59. The van der Waals surface area contributed by atoms with Crippen LogP contribution in [0.1, 0.15) is 0 Å². The van der Waals surface area contributed by atoms with E-state index in [9.17, 15) is 9.59 Å². The number of rotatable bonds is 5. The number of amides is 1. The zero-order valence-corrected chi connectivity index (χ0v) is 12.3. The molecule has 0 bridgehead atoms. The van der Waals surface area contributed by atoms with Crippen LogP contribution in [0.15, 0.2) is 24.3 Å². The molecule has 21 heavy (non-hydrogen) atoms. The smallest absolute Gasteiger partial charge is 0.323 e. The van der Waals surface area contributed by atoms with Crippen molar-refractivity contribution in [1.29, 1.82) is 0 Å². The van der Waals surface area contributed by atoms with E-state index in [-0.39, 0.29) is 19.0 Å². The predicted molar refractivity (Wildman–Crippen MR) is 80.8 cm³/mol. The van der Waals surface area contributed by atoms with E-state index in [4.69, 9.17) is 16.7 Å². The third-order valence-electron chi connectivity index (χ3n) is 3.30. The van der Waals surface area contributed by atoms with Crippen LogP contribution in [0.25, 0.3) is 0 Å². The van der Waals surface area contributed by atoms with E-state index < -0.39 is 5.97 Å². The minimum atomic E-state index is -1.04. The average molecular weight is 312 g/mol. The number of carboxylic acids is 1. The highest BCUT2D eigenvalue weighted by Gasteiger charge is 2.22. The van der Waals surface area contributed by atoms with E-state index in [0.29, 0.717) is 10.7 Å². The Morgan fingerprint density at radius 1 is 1.24 bits per heavy atom. The number of hydrogen-bond donors (Lipinski definition) is 2. The molecule has 0 aromatic heterocycles. The number of carbonyl (C=O) groups excluding carboxylic acids is 1. The molecule has 2 N–H and O–H groups in total. The van der Waals surface area contributed by atoms with Crippen LogP contribution < -0.4 is 10.2 Å². The molecule has 1 aromatic rings. The minimum absolute atomic E-state index is 0.220. The zero-order chi connectivity index (χ0) is 15.2. The summed E-state index contributed by atoms with van der Waals surface area (Å²) in [6.07, 6.45) is 0. The summed E-state index contributed by atoms with van der Waals surface area (Å²) in [5.41, 5.74) is 0.543. The maximum absolute atomic E-state index is 12.4. The lowest BCUT2D eigenvalue weighted by Crippen LogP contribution is -2.49. The fourth-order valence-corrected chi connectivity index (χ4v) is 2.35. The Hall–Kier alpha value is -1.63. The van der Waals surface area contributed by atoms with Crippen LogP contribution >= 0.6 is 11.6 Å². The van der Waals surface area contributed by atoms with Gasteiger partial charge in [0.25, 0.3) is 0 Å². The summed E-state index contributed by atoms with van der Waals surface area (Å²) in [6.45, 7) is 3.12. The Bertz CT molecular complexity index is 501. The standard InChI is InChI=1S/C14H18ClN3O3/c15-11-1-3-12(4-2-11)18(10-14(20)21)13(19)9-17-7-5-16-6-8-17/h1-4,16H,5-10H2,(H,20,21). The third kappa shape index (κ3) is 4.70. The third-order valence-corrected chi connectivity index (χ3v) is 3.55. The van der Waals surface area contributed by atoms with E-state index >= 15 is 0 Å². The summed E-state index contributed by atoms with van der Waals surface area (Å²) < 4.78 is 0. The van der Waals surface area contributed by atoms with E-state index in [1.54, 1.807) is 24.3 Å². The van der Waals surface area contributed by atoms with Crippen LogP contribution in [0.5, 0.6) is 0 Å². The van der Waals surface area contributed by atoms with Gasteiger partial charge in [-0.1, -0.05) is 11.6 Å². The van der Waals surface area contributed by atoms with Crippen molar-refractivity contribution >= 4 is 29.2 Å². The van der Waals surface area contributed by atoms with Crippen molar-refractivity contribution in [2.45, 2.75) is 0 Å². The second kappa shape index (κ2) is 7.40. The van der Waals surface area contributed by atoms with Gasteiger partial charge in [0.15, 0.2) is 0 Å². The molecule has 0 unspecified atom stereocenters. The number of aliphatic carboxylic acids is 1. The summed E-state index contributed by atoms with van der Waals surface area (Å²) in [5.74, 6) is -1.26. The molecule has 0 atom stereocenters. The van der Waals surface area contributed by atoms with Crippen LogP contribution in [0.4, 0.5) is 5.69 Å². The van der Waals surface area contributed by atoms with Gasteiger partial charge in [0.1, 0.15) is 6.54 Å². The molecular formula is C14H18ClN3O3. The normalized spacial score (nSPS) is 15.7. The van der Waals surface area contributed by atoms with Gasteiger partial charge in [-0.2, -0.15) is 0 Å². The van der Waals surface area contributed by atoms with E-state index in [0.717, 1.165) is 26.2 Å². The first-order valence-corrected chi connectivity index (χ1v) is 7.15. The second-order valence-corrected chi connectivity index (χ2v) is 5.31. The van der Waals surface area contributed by atoms with Gasteiger partial charge in [0.05, 0.1) is 6.54 Å². The molecule has 1 saturated heterocycles. The summed E-state index contributed by atoms with van der Waals surface area (Å²) >= 11 is 5.82. The SMILES string of the molecule is O=C(O)CN(C(=O)CN1CCNCC1)c1ccc(Cl)cc1. The number of nitrogens with zero attached hydrogens (tertiary/aromatic N) is 2. The van der Waals surface area contributed by atoms with Crippen LogP contribution in [0, 0.1) is 0 Å². The molecule has 0 saturated carbocycles. The molecule has 114 valence electrons. The number of carbonyl (C=O) groups is 2. The number of piperazine rings is 1. The molecule has 1 aliphatic heterocycles. The molecule has 1 fully saturated rings. The molecule has 1 heterocycles. The van der Waals surface area contributed by atoms with Crippen LogP contribution in [-0.4, -0.2) is 61.2 Å². The van der Waals surface area contributed by atoms with Gasteiger partial charge in [0.2, 0.25) is 5.91 Å². The first-order chi connectivity index (χ1) is 10.1. The maximum atomic E-state index is 12.4. The molecule has 1 amide bonds. The number of hydrogen-bond acceptors (Lipinski definition) is 4. The van der Waals surface area contributed by atoms with Crippen molar-refractivity contribution in [3.8, 4) is 0 Å². The summed E-state index contributed by atoms with van der Waals surface area (Å²) in [7, 11) is 0. The highest BCUT2D eigenvalue weighted by molar-refractivity contribution is 6.30. The molecule has 1 aliphatic rings. The van der Waals surface area contributed by atoms with Crippen molar-refractivity contribution in [3.05, 3.63) is 29.3 Å². The highest BCUT2D eigenvalue weighted by Crippen LogP contribution is 2.18. The number of nitrogens with one attached hydrogen (secondary N) is 1. The van der Waals surface area contributed by atoms with E-state index in [1.807, 2.05) is 4.90 Å². The maximum Gasteiger partial charge on any atom is 0.323 e. The van der Waals surface area contributed by atoms with Gasteiger partial charge in [-0.3, -0.25) is 14.5 Å². The van der Waals surface area contributed by atoms with E-state index in [1.165, 1.54) is 4.90 Å². The Kier molecular flexibility index (Phi) is 5.55. The number of benzene rings is 1. The Morgan fingerprint density at radius 2 is 1.86 bits per heavy atom. The number of halogens is 1. The van der Waals surface area contributed by atoms with Gasteiger partial charge in [0, 0.05) is 36.9 Å². The largest absolute Gasteiger partial charge is 0.480 e. The molecular weight excluding hydrogens is 294 g/mol. The van der Waals surface area contributed by atoms with Crippen molar-refractivity contribution in [3.63, 3.8) is 0 Å². The fourth-order valence-electron chi connectivity index (χ4n) is 2.23. The molecule has 0 aliphatic carbocycles. The first kappa shape index (κ1) is 15.8. The lowest BCUT2D eigenvalue weighted by atomic mass is 10.2. The molecule has 7 heteroatoms. The van der Waals surface area contributed by atoms with Crippen molar-refractivity contribution < 1.29 is 14.7 Å². The summed E-state index contributed by atoms with van der Waals surface area (Å²) in [5, 5.41) is 12.8. The quantitative estimate of drug-likeness (QED) is 0.836. The van der Waals surface area contributed by atoms with Gasteiger partial charge < -0.3 is 15.3 Å². The zero-order valence-electron chi connectivity index (χ0n) is 11.6. The van der Waals surface area contributed by atoms with Crippen molar-refractivity contribution in [1.82, 2.24) is 10.2 Å².